The van der Waals surface area contributed by atoms with Crippen LogP contribution in [-0.2, 0) is 0 Å². The predicted molar refractivity (Wildman–Crippen MR) is 79.0 cm³/mol. The first kappa shape index (κ1) is 13.6. The quantitative estimate of drug-likeness (QED) is 0.899. The molecule has 2 rings (SSSR count). The van der Waals surface area contributed by atoms with Gasteiger partial charge in [-0.25, -0.2) is 0 Å². The molecular weight excluding hydrogens is 244 g/mol. The molecule has 1 heterocycles. The van der Waals surface area contributed by atoms with E-state index in [4.69, 9.17) is 11.6 Å². The lowest BCUT2D eigenvalue weighted by Gasteiger charge is -2.17. The van der Waals surface area contributed by atoms with Gasteiger partial charge in [0, 0.05) is 24.7 Å². The summed E-state index contributed by atoms with van der Waals surface area (Å²) in [4.78, 5) is 2.53. The van der Waals surface area contributed by atoms with Crippen LogP contribution in [0, 0.1) is 0 Å². The molecule has 2 nitrogen and oxygen atoms in total. The van der Waals surface area contributed by atoms with Gasteiger partial charge in [0.05, 0.1) is 0 Å². The summed E-state index contributed by atoms with van der Waals surface area (Å²) in [7, 11) is 0. The normalized spacial score (nSPS) is 18.1. The van der Waals surface area contributed by atoms with Crippen LogP contribution in [0.25, 0.3) is 6.08 Å². The number of nitrogens with zero attached hydrogens (tertiary/aromatic N) is 1. The fourth-order valence-electron chi connectivity index (χ4n) is 2.18. The summed E-state index contributed by atoms with van der Waals surface area (Å²) < 4.78 is 0. The summed E-state index contributed by atoms with van der Waals surface area (Å²) in [5.74, 6) is 0. The van der Waals surface area contributed by atoms with Crippen molar-refractivity contribution in [3.05, 3.63) is 40.9 Å². The van der Waals surface area contributed by atoms with Gasteiger partial charge >= 0.3 is 0 Å². The van der Waals surface area contributed by atoms with E-state index in [-0.39, 0.29) is 0 Å². The molecule has 0 saturated carbocycles. The zero-order valence-electron chi connectivity index (χ0n) is 10.7. The Hall–Kier alpha value is -0.830. The standard InChI is InChI=1S/C15H21ClN2/c16-15-7-5-14(6-8-15)4-1-2-11-18-12-3-9-17-10-13-18/h1,4-8,17H,2-3,9-13H2/b4-1+. The Labute approximate surface area is 115 Å². The smallest absolute Gasteiger partial charge is 0.0406 e. The van der Waals surface area contributed by atoms with Gasteiger partial charge in [0.15, 0.2) is 0 Å². The number of nitrogens with one attached hydrogen (secondary N) is 1. The zero-order chi connectivity index (χ0) is 12.6. The molecule has 0 bridgehead atoms. The minimum Gasteiger partial charge on any atom is -0.315 e. The van der Waals surface area contributed by atoms with Crippen molar-refractivity contribution >= 4 is 17.7 Å². The van der Waals surface area contributed by atoms with E-state index in [0.717, 1.165) is 31.1 Å². The molecular formula is C15H21ClN2. The molecule has 0 aromatic heterocycles. The maximum Gasteiger partial charge on any atom is 0.0406 e. The summed E-state index contributed by atoms with van der Waals surface area (Å²) >= 11 is 5.85. The third-order valence-electron chi connectivity index (χ3n) is 3.23. The van der Waals surface area contributed by atoms with Crippen LogP contribution in [0.4, 0.5) is 0 Å². The lowest BCUT2D eigenvalue weighted by molar-refractivity contribution is 0.298. The largest absolute Gasteiger partial charge is 0.315 e. The van der Waals surface area contributed by atoms with Crippen molar-refractivity contribution in [2.75, 3.05) is 32.7 Å². The van der Waals surface area contributed by atoms with E-state index in [2.05, 4.69) is 34.5 Å². The van der Waals surface area contributed by atoms with Gasteiger partial charge in [-0.05, 0) is 43.6 Å². The fraction of sp³-hybridized carbons (Fsp3) is 0.467. The van der Waals surface area contributed by atoms with Crippen molar-refractivity contribution in [2.45, 2.75) is 12.8 Å². The minimum atomic E-state index is 0.796. The van der Waals surface area contributed by atoms with Gasteiger partial charge in [0.25, 0.3) is 0 Å². The van der Waals surface area contributed by atoms with E-state index in [9.17, 15) is 0 Å². The molecule has 0 unspecified atom stereocenters. The molecule has 1 N–H and O–H groups in total. The van der Waals surface area contributed by atoms with Crippen LogP contribution in [0.2, 0.25) is 5.02 Å². The molecule has 98 valence electrons. The number of halogens is 1. The minimum absolute atomic E-state index is 0.796. The molecule has 0 radical (unpaired) electrons. The van der Waals surface area contributed by atoms with Crippen molar-refractivity contribution in [3.63, 3.8) is 0 Å². The highest BCUT2D eigenvalue weighted by Gasteiger charge is 2.06. The molecule has 1 aliphatic rings. The maximum absolute atomic E-state index is 5.85. The van der Waals surface area contributed by atoms with Crippen LogP contribution < -0.4 is 5.32 Å². The van der Waals surface area contributed by atoms with Gasteiger partial charge in [-0.2, -0.15) is 0 Å². The summed E-state index contributed by atoms with van der Waals surface area (Å²) in [5, 5.41) is 4.22. The second-order valence-electron chi connectivity index (χ2n) is 4.69. The van der Waals surface area contributed by atoms with Crippen LogP contribution >= 0.6 is 11.6 Å². The lowest BCUT2D eigenvalue weighted by Crippen LogP contribution is -2.28. The third-order valence-corrected chi connectivity index (χ3v) is 3.48. The SMILES string of the molecule is Clc1ccc(/C=C/CCN2CCCNCC2)cc1. The van der Waals surface area contributed by atoms with Crippen LogP contribution in [0.15, 0.2) is 30.3 Å². The van der Waals surface area contributed by atoms with Gasteiger partial charge in [-0.15, -0.1) is 0 Å². The highest BCUT2D eigenvalue weighted by atomic mass is 35.5. The predicted octanol–water partition coefficient (Wildman–Crippen LogP) is 3.04. The first-order valence-corrected chi connectivity index (χ1v) is 7.07. The maximum atomic E-state index is 5.85. The van der Waals surface area contributed by atoms with Crippen LogP contribution in [-0.4, -0.2) is 37.6 Å². The first-order chi connectivity index (χ1) is 8.84. The molecule has 0 spiro atoms. The lowest BCUT2D eigenvalue weighted by atomic mass is 10.2. The Kier molecular flexibility index (Phi) is 5.72. The summed E-state index contributed by atoms with van der Waals surface area (Å²) in [5.41, 5.74) is 1.22. The molecule has 0 aliphatic carbocycles. The summed E-state index contributed by atoms with van der Waals surface area (Å²) in [6.45, 7) is 5.85. The van der Waals surface area contributed by atoms with E-state index in [1.54, 1.807) is 0 Å². The van der Waals surface area contributed by atoms with Gasteiger partial charge in [0.2, 0.25) is 0 Å². The molecule has 1 fully saturated rings. The molecule has 1 aromatic carbocycles. The van der Waals surface area contributed by atoms with E-state index in [0.29, 0.717) is 0 Å². The fourth-order valence-corrected chi connectivity index (χ4v) is 2.30. The van der Waals surface area contributed by atoms with Crippen LogP contribution in [0.3, 0.4) is 0 Å². The monoisotopic (exact) mass is 264 g/mol. The summed E-state index contributed by atoms with van der Waals surface area (Å²) in [6.07, 6.45) is 6.80. The number of rotatable bonds is 4. The Balaban J connectivity index is 1.72. The summed E-state index contributed by atoms with van der Waals surface area (Å²) in [6, 6.07) is 7.97. The molecule has 3 heteroatoms. The molecule has 18 heavy (non-hydrogen) atoms. The van der Waals surface area contributed by atoms with Crippen molar-refractivity contribution in [1.82, 2.24) is 10.2 Å². The van der Waals surface area contributed by atoms with Gasteiger partial charge in [-0.1, -0.05) is 35.9 Å². The van der Waals surface area contributed by atoms with Crippen LogP contribution in [0.1, 0.15) is 18.4 Å². The molecule has 1 aliphatic heterocycles. The van der Waals surface area contributed by atoms with E-state index in [1.165, 1.54) is 25.1 Å². The number of hydrogen-bond donors (Lipinski definition) is 1. The molecule has 0 atom stereocenters. The molecule has 1 aromatic rings. The Morgan fingerprint density at radius 2 is 2.00 bits per heavy atom. The Bertz CT molecular complexity index is 365. The zero-order valence-corrected chi connectivity index (χ0v) is 11.5. The number of hydrogen-bond acceptors (Lipinski definition) is 2. The topological polar surface area (TPSA) is 15.3 Å². The third kappa shape index (κ3) is 4.81. The van der Waals surface area contributed by atoms with Gasteiger partial charge < -0.3 is 10.2 Å². The second-order valence-corrected chi connectivity index (χ2v) is 5.12. The number of benzene rings is 1. The highest BCUT2D eigenvalue weighted by Crippen LogP contribution is 2.11. The Morgan fingerprint density at radius 3 is 2.83 bits per heavy atom. The van der Waals surface area contributed by atoms with Crippen molar-refractivity contribution in [2.24, 2.45) is 0 Å². The van der Waals surface area contributed by atoms with Crippen molar-refractivity contribution < 1.29 is 0 Å². The molecule has 1 saturated heterocycles. The van der Waals surface area contributed by atoms with E-state index in [1.807, 2.05) is 12.1 Å². The van der Waals surface area contributed by atoms with Crippen molar-refractivity contribution in [1.29, 1.82) is 0 Å². The van der Waals surface area contributed by atoms with E-state index >= 15 is 0 Å². The van der Waals surface area contributed by atoms with Gasteiger partial charge in [0.1, 0.15) is 0 Å². The second kappa shape index (κ2) is 7.57. The van der Waals surface area contributed by atoms with Gasteiger partial charge in [-0.3, -0.25) is 0 Å². The molecule has 0 amide bonds. The average molecular weight is 265 g/mol. The average Bonchev–Trinajstić information content (AvgIpc) is 2.65. The first-order valence-electron chi connectivity index (χ1n) is 6.70. The Morgan fingerprint density at radius 1 is 1.17 bits per heavy atom. The highest BCUT2D eigenvalue weighted by molar-refractivity contribution is 6.30. The van der Waals surface area contributed by atoms with Crippen LogP contribution in [0.5, 0.6) is 0 Å². The van der Waals surface area contributed by atoms with E-state index < -0.39 is 0 Å². The van der Waals surface area contributed by atoms with Crippen molar-refractivity contribution in [3.8, 4) is 0 Å².